The van der Waals surface area contributed by atoms with Crippen molar-refractivity contribution in [2.45, 2.75) is 41.5 Å². The molecule has 0 aliphatic carbocycles. The van der Waals surface area contributed by atoms with E-state index in [4.69, 9.17) is 9.97 Å². The van der Waals surface area contributed by atoms with Crippen molar-refractivity contribution in [3.63, 3.8) is 0 Å². The molecule has 1 aliphatic heterocycles. The van der Waals surface area contributed by atoms with E-state index in [1.165, 1.54) is 66.0 Å². The number of rotatable bonds is 6. The van der Waals surface area contributed by atoms with Crippen LogP contribution in [0.3, 0.4) is 0 Å². The van der Waals surface area contributed by atoms with E-state index >= 15 is 0 Å². The normalized spacial score (nSPS) is 13.1. The first-order valence-electron chi connectivity index (χ1n) is 16.2. The van der Waals surface area contributed by atoms with E-state index < -0.39 is 9.52 Å². The van der Waals surface area contributed by atoms with Gasteiger partial charge in [-0.3, -0.25) is 9.97 Å². The van der Waals surface area contributed by atoms with Crippen LogP contribution in [0, 0.1) is 41.5 Å². The van der Waals surface area contributed by atoms with Crippen LogP contribution >= 0.6 is 0 Å². The first kappa shape index (κ1) is 30.4. The Morgan fingerprint density at radius 3 is 1.13 bits per heavy atom. The van der Waals surface area contributed by atoms with Gasteiger partial charge in [0.1, 0.15) is 0 Å². The number of hydrogen-bond acceptors (Lipinski definition) is 4. The summed E-state index contributed by atoms with van der Waals surface area (Å²) in [6.07, 6.45) is 3.66. The third-order valence-electron chi connectivity index (χ3n) is 9.03. The summed E-state index contributed by atoms with van der Waals surface area (Å²) in [6, 6.07) is 34.0. The van der Waals surface area contributed by atoms with Crippen LogP contribution in [-0.2, 0) is 0 Å². The molecule has 230 valence electrons. The largest absolute Gasteiger partial charge is 0.255 e. The lowest BCUT2D eigenvalue weighted by atomic mass is 9.82. The molecule has 0 radical (unpaired) electrons. The molecule has 0 N–H and O–H groups in total. The molecule has 6 aromatic rings. The second kappa shape index (κ2) is 12.5. The van der Waals surface area contributed by atoms with E-state index in [0.717, 1.165) is 34.2 Å². The van der Waals surface area contributed by atoms with Crippen molar-refractivity contribution >= 4 is 31.1 Å². The van der Waals surface area contributed by atoms with Crippen LogP contribution in [0.5, 0.6) is 0 Å². The van der Waals surface area contributed by atoms with Crippen LogP contribution < -0.4 is 0 Å². The smallest absolute Gasteiger partial charge is 0.0948 e. The van der Waals surface area contributed by atoms with E-state index in [-0.39, 0.29) is 0 Å². The van der Waals surface area contributed by atoms with E-state index in [2.05, 4.69) is 112 Å². The highest BCUT2D eigenvalue weighted by atomic mass is 28.2. The number of benzene rings is 2. The number of pyridine rings is 4. The fraction of sp³-hybridized carbons (Fsp3) is 0.143. The molecule has 0 spiro atoms. The minimum absolute atomic E-state index is 0.877. The average Bonchev–Trinajstić information content (AvgIpc) is 3.44. The van der Waals surface area contributed by atoms with E-state index in [0.29, 0.717) is 0 Å². The number of allylic oxidation sites excluding steroid dienone is 2. The molecule has 5 heterocycles. The summed E-state index contributed by atoms with van der Waals surface area (Å²) in [5.74, 6) is 0. The van der Waals surface area contributed by atoms with Gasteiger partial charge in [0.15, 0.2) is 0 Å². The number of aromatic nitrogens is 4. The van der Waals surface area contributed by atoms with Crippen molar-refractivity contribution in [3.05, 3.63) is 165 Å². The Labute approximate surface area is 279 Å². The lowest BCUT2D eigenvalue weighted by Crippen LogP contribution is -2.03. The minimum atomic E-state index is -1.09. The summed E-state index contributed by atoms with van der Waals surface area (Å²) in [6.45, 7) is 13.4. The van der Waals surface area contributed by atoms with Crippen LogP contribution in [0.4, 0.5) is 0 Å². The van der Waals surface area contributed by atoms with Crippen LogP contribution in [0.2, 0.25) is 0 Å². The van der Waals surface area contributed by atoms with Gasteiger partial charge in [0.05, 0.1) is 43.7 Å². The molecule has 7 rings (SSSR count). The fourth-order valence-electron chi connectivity index (χ4n) is 7.31. The number of aryl methyl sites for hydroxylation is 6. The zero-order valence-electron chi connectivity index (χ0n) is 27.9. The predicted octanol–water partition coefficient (Wildman–Crippen LogP) is 9.07. The third kappa shape index (κ3) is 5.79. The van der Waals surface area contributed by atoms with Gasteiger partial charge in [-0.25, -0.2) is 9.97 Å². The Bertz CT molecular complexity index is 2010. The van der Waals surface area contributed by atoms with Crippen molar-refractivity contribution in [2.24, 2.45) is 0 Å². The molecule has 0 atom stereocenters. The maximum atomic E-state index is 5.32. The molecule has 5 heteroatoms. The highest BCUT2D eigenvalue weighted by Gasteiger charge is 2.33. The molecule has 0 bridgehead atoms. The molecule has 0 fully saturated rings. The molecular formula is C42H38N4Si. The van der Waals surface area contributed by atoms with Crippen molar-refractivity contribution in [1.29, 1.82) is 0 Å². The van der Waals surface area contributed by atoms with Gasteiger partial charge >= 0.3 is 0 Å². The van der Waals surface area contributed by atoms with Crippen molar-refractivity contribution < 1.29 is 0 Å². The Kier molecular flexibility index (Phi) is 8.08. The Balaban J connectivity index is 1.56. The van der Waals surface area contributed by atoms with Crippen molar-refractivity contribution in [3.8, 4) is 22.8 Å². The standard InChI is InChI=1S/C42H38N4Si/c1-25-21-27(3)37(28(4)22-25)39-40(38-29(5)23-26(2)24-30(38)6)42(36-18-12-16-34(46-36)32-14-8-10-20-44-32)47-41(39)35-17-11-15-33(45-35)31-13-7-9-19-43-31/h7-24H,47H2,1-6H3. The SMILES string of the molecule is Cc1cc(C)c(C2=C(c3cccc(-c4ccccn4)n3)[SiH2]C(c3cccc(-c4ccccn4)n3)=C2c2c(C)cc(C)cc2C)c(C)c1. The van der Waals surface area contributed by atoms with Gasteiger partial charge < -0.3 is 0 Å². The van der Waals surface area contributed by atoms with Crippen LogP contribution in [-0.4, -0.2) is 29.5 Å². The lowest BCUT2D eigenvalue weighted by Gasteiger charge is -2.22. The molecule has 0 saturated carbocycles. The summed E-state index contributed by atoms with van der Waals surface area (Å²) in [5, 5.41) is 2.68. The van der Waals surface area contributed by atoms with Crippen LogP contribution in [0.15, 0.2) is 109 Å². The van der Waals surface area contributed by atoms with Gasteiger partial charge in [-0.1, -0.05) is 59.7 Å². The molecule has 47 heavy (non-hydrogen) atoms. The Morgan fingerprint density at radius 2 is 0.766 bits per heavy atom. The van der Waals surface area contributed by atoms with E-state index in [1.807, 2.05) is 48.8 Å². The zero-order valence-corrected chi connectivity index (χ0v) is 29.3. The van der Waals surface area contributed by atoms with E-state index in [1.54, 1.807) is 0 Å². The zero-order chi connectivity index (χ0) is 32.7. The molecular weight excluding hydrogens is 589 g/mol. The monoisotopic (exact) mass is 626 g/mol. The van der Waals surface area contributed by atoms with Crippen molar-refractivity contribution in [1.82, 2.24) is 19.9 Å². The van der Waals surface area contributed by atoms with Gasteiger partial charge in [-0.15, -0.1) is 0 Å². The maximum Gasteiger partial charge on any atom is 0.0948 e. The summed E-state index contributed by atoms with van der Waals surface area (Å²) in [5.41, 5.74) is 18.4. The van der Waals surface area contributed by atoms with Gasteiger partial charge in [0.2, 0.25) is 0 Å². The summed E-state index contributed by atoms with van der Waals surface area (Å²) in [4.78, 5) is 19.9. The average molecular weight is 627 g/mol. The first-order chi connectivity index (χ1) is 22.8. The van der Waals surface area contributed by atoms with Crippen molar-refractivity contribution in [2.75, 3.05) is 0 Å². The van der Waals surface area contributed by atoms with Gasteiger partial charge in [-0.2, -0.15) is 0 Å². The Morgan fingerprint density at radius 1 is 0.404 bits per heavy atom. The lowest BCUT2D eigenvalue weighted by molar-refractivity contribution is 1.23. The molecule has 0 saturated heterocycles. The second-order valence-electron chi connectivity index (χ2n) is 12.7. The molecule has 4 nitrogen and oxygen atoms in total. The maximum absolute atomic E-state index is 5.32. The minimum Gasteiger partial charge on any atom is -0.255 e. The summed E-state index contributed by atoms with van der Waals surface area (Å²) >= 11 is 0. The van der Waals surface area contributed by atoms with E-state index in [9.17, 15) is 0 Å². The number of hydrogen-bond donors (Lipinski definition) is 0. The molecule has 2 aromatic carbocycles. The molecule has 4 aromatic heterocycles. The fourth-order valence-corrected chi connectivity index (χ4v) is 9.48. The molecule has 0 amide bonds. The Hall–Kier alpha value is -5.26. The molecule has 0 unspecified atom stereocenters. The second-order valence-corrected chi connectivity index (χ2v) is 14.4. The van der Waals surface area contributed by atoms with Crippen LogP contribution in [0.1, 0.15) is 55.9 Å². The van der Waals surface area contributed by atoms with Crippen LogP contribution in [0.25, 0.3) is 44.3 Å². The number of nitrogens with zero attached hydrogens (tertiary/aromatic N) is 4. The van der Waals surface area contributed by atoms with Gasteiger partial charge in [0, 0.05) is 12.4 Å². The summed E-state index contributed by atoms with van der Waals surface area (Å²) in [7, 11) is -1.09. The highest BCUT2D eigenvalue weighted by molar-refractivity contribution is 6.86. The topological polar surface area (TPSA) is 51.6 Å². The van der Waals surface area contributed by atoms with Gasteiger partial charge in [-0.05, 0) is 145 Å². The predicted molar refractivity (Wildman–Crippen MR) is 198 cm³/mol. The van der Waals surface area contributed by atoms with Gasteiger partial charge in [0.25, 0.3) is 0 Å². The molecule has 1 aliphatic rings. The third-order valence-corrected chi connectivity index (χ3v) is 11.2. The first-order valence-corrected chi connectivity index (χ1v) is 17.6. The quantitative estimate of drug-likeness (QED) is 0.173. The highest BCUT2D eigenvalue weighted by Crippen LogP contribution is 2.50. The summed E-state index contributed by atoms with van der Waals surface area (Å²) < 4.78 is 0.